The Morgan fingerprint density at radius 1 is 0.875 bits per heavy atom. The molecule has 6 nitrogen and oxygen atoms in total. The number of nitrogen functional groups attached to an aromatic ring is 1. The number of halogens is 3. The van der Waals surface area contributed by atoms with Crippen molar-refractivity contribution in [2.24, 2.45) is 0 Å². The van der Waals surface area contributed by atoms with Crippen LogP contribution in [0.5, 0.6) is 0 Å². The third-order valence-electron chi connectivity index (χ3n) is 3.12. The lowest BCUT2D eigenvalue weighted by atomic mass is 10.2. The predicted octanol–water partition coefficient (Wildman–Crippen LogP) is 3.28. The Balaban J connectivity index is 1.89. The summed E-state index contributed by atoms with van der Waals surface area (Å²) in [5, 5.41) is 2.94. The largest absolute Gasteiger partial charge is 0.416 e. The van der Waals surface area contributed by atoms with Crippen molar-refractivity contribution in [3.05, 3.63) is 54.6 Å². The highest BCUT2D eigenvalue weighted by atomic mass is 19.4. The van der Waals surface area contributed by atoms with E-state index in [0.717, 1.165) is 12.1 Å². The zero-order valence-electron chi connectivity index (χ0n) is 12.1. The molecule has 1 aromatic carbocycles. The lowest BCUT2D eigenvalue weighted by Gasteiger charge is -2.11. The van der Waals surface area contributed by atoms with Crippen molar-refractivity contribution in [2.75, 3.05) is 11.1 Å². The molecule has 0 saturated heterocycles. The first kappa shape index (κ1) is 15.7. The molecule has 0 bridgehead atoms. The van der Waals surface area contributed by atoms with Crippen LogP contribution in [0.4, 0.5) is 30.6 Å². The van der Waals surface area contributed by atoms with E-state index < -0.39 is 11.7 Å². The van der Waals surface area contributed by atoms with Crippen LogP contribution in [-0.2, 0) is 6.18 Å². The Bertz CT molecular complexity index is 831. The fraction of sp³-hybridized carbons (Fsp3) is 0.0667. The molecule has 0 aliphatic rings. The highest BCUT2D eigenvalue weighted by Crippen LogP contribution is 2.31. The first-order valence-electron chi connectivity index (χ1n) is 6.76. The molecule has 2 heterocycles. The van der Waals surface area contributed by atoms with Gasteiger partial charge in [0.1, 0.15) is 5.69 Å². The number of aromatic nitrogens is 4. The second-order valence-corrected chi connectivity index (χ2v) is 4.78. The molecule has 0 aliphatic heterocycles. The second-order valence-electron chi connectivity index (χ2n) is 4.78. The number of nitrogens with one attached hydrogen (secondary N) is 1. The maximum atomic E-state index is 12.6. The van der Waals surface area contributed by atoms with Gasteiger partial charge >= 0.3 is 6.18 Å². The zero-order chi connectivity index (χ0) is 17.2. The summed E-state index contributed by atoms with van der Waals surface area (Å²) >= 11 is 0. The summed E-state index contributed by atoms with van der Waals surface area (Å²) in [6, 6.07) is 4.62. The number of nitrogens with two attached hydrogens (primary N) is 1. The Labute approximate surface area is 134 Å². The van der Waals surface area contributed by atoms with Crippen molar-refractivity contribution in [3.63, 3.8) is 0 Å². The Hall–Kier alpha value is -3.23. The summed E-state index contributed by atoms with van der Waals surface area (Å²) in [6.07, 6.45) is 1.56. The minimum Gasteiger partial charge on any atom is -0.368 e. The van der Waals surface area contributed by atoms with Gasteiger partial charge in [0.15, 0.2) is 5.82 Å². The molecular weight excluding hydrogens is 321 g/mol. The molecule has 3 N–H and O–H groups in total. The van der Waals surface area contributed by atoms with E-state index in [2.05, 4.69) is 25.3 Å². The fourth-order valence-electron chi connectivity index (χ4n) is 1.98. The zero-order valence-corrected chi connectivity index (χ0v) is 12.1. The smallest absolute Gasteiger partial charge is 0.368 e. The maximum Gasteiger partial charge on any atom is 0.416 e. The molecule has 0 aliphatic carbocycles. The van der Waals surface area contributed by atoms with E-state index in [1.54, 1.807) is 0 Å². The van der Waals surface area contributed by atoms with E-state index in [-0.39, 0.29) is 5.95 Å². The number of anilines is 3. The van der Waals surface area contributed by atoms with Crippen molar-refractivity contribution < 1.29 is 13.2 Å². The summed E-state index contributed by atoms with van der Waals surface area (Å²) in [5.74, 6) is 0.491. The molecule has 3 aromatic rings. The van der Waals surface area contributed by atoms with Gasteiger partial charge in [0.2, 0.25) is 5.95 Å². The molecule has 3 rings (SSSR count). The molecule has 9 heteroatoms. The minimum atomic E-state index is -4.38. The number of rotatable bonds is 3. The van der Waals surface area contributed by atoms with Crippen LogP contribution >= 0.6 is 0 Å². The first-order valence-corrected chi connectivity index (χ1v) is 6.76. The Morgan fingerprint density at radius 2 is 1.50 bits per heavy atom. The van der Waals surface area contributed by atoms with Crippen LogP contribution < -0.4 is 11.1 Å². The van der Waals surface area contributed by atoms with Crippen LogP contribution in [0, 0.1) is 0 Å². The van der Waals surface area contributed by atoms with Crippen molar-refractivity contribution in [2.45, 2.75) is 6.18 Å². The standard InChI is InChI=1S/C15H11F3N6/c16-15(17,18)10-1-3-11(4-2-10)24-13-12(20-5-6-21-13)9-7-22-14(19)23-8-9/h1-8H,(H,21,24)(H2,19,22,23). The molecule has 0 radical (unpaired) electrons. The average Bonchev–Trinajstić information content (AvgIpc) is 2.56. The van der Waals surface area contributed by atoms with E-state index in [9.17, 15) is 13.2 Å². The predicted molar refractivity (Wildman–Crippen MR) is 82.2 cm³/mol. The first-order chi connectivity index (χ1) is 11.4. The monoisotopic (exact) mass is 332 g/mol. The summed E-state index contributed by atoms with van der Waals surface area (Å²) in [5.41, 5.74) is 6.20. The van der Waals surface area contributed by atoms with E-state index in [0.29, 0.717) is 22.8 Å². The number of nitrogens with zero attached hydrogens (tertiary/aromatic N) is 4. The van der Waals surface area contributed by atoms with Gasteiger partial charge in [-0.3, -0.25) is 4.98 Å². The van der Waals surface area contributed by atoms with Crippen molar-refractivity contribution in [1.29, 1.82) is 0 Å². The number of alkyl halides is 3. The number of benzene rings is 1. The Morgan fingerprint density at radius 3 is 2.12 bits per heavy atom. The minimum absolute atomic E-state index is 0.125. The molecule has 0 atom stereocenters. The molecule has 122 valence electrons. The van der Waals surface area contributed by atoms with Crippen LogP contribution in [0.25, 0.3) is 11.3 Å². The molecule has 2 aromatic heterocycles. The summed E-state index contributed by atoms with van der Waals surface area (Å²) < 4.78 is 37.8. The second kappa shape index (κ2) is 6.11. The van der Waals surface area contributed by atoms with Crippen molar-refractivity contribution in [1.82, 2.24) is 19.9 Å². The van der Waals surface area contributed by atoms with E-state index in [1.165, 1.54) is 36.9 Å². The fourth-order valence-corrected chi connectivity index (χ4v) is 1.98. The molecule has 0 fully saturated rings. The van der Waals surface area contributed by atoms with Gasteiger partial charge in [-0.25, -0.2) is 15.0 Å². The quantitative estimate of drug-likeness (QED) is 0.765. The summed E-state index contributed by atoms with van der Waals surface area (Å²) in [6.45, 7) is 0. The van der Waals surface area contributed by atoms with Gasteiger partial charge in [-0.15, -0.1) is 0 Å². The third-order valence-corrected chi connectivity index (χ3v) is 3.12. The third kappa shape index (κ3) is 3.40. The lowest BCUT2D eigenvalue weighted by molar-refractivity contribution is -0.137. The van der Waals surface area contributed by atoms with Gasteiger partial charge in [-0.05, 0) is 24.3 Å². The van der Waals surface area contributed by atoms with Crippen LogP contribution in [0.3, 0.4) is 0 Å². The molecule has 24 heavy (non-hydrogen) atoms. The van der Waals surface area contributed by atoms with Crippen LogP contribution in [0.2, 0.25) is 0 Å². The Kier molecular flexibility index (Phi) is 3.98. The molecular formula is C15H11F3N6. The number of hydrogen-bond acceptors (Lipinski definition) is 6. The van der Waals surface area contributed by atoms with E-state index in [1.807, 2.05) is 0 Å². The maximum absolute atomic E-state index is 12.6. The average molecular weight is 332 g/mol. The highest BCUT2D eigenvalue weighted by molar-refractivity contribution is 5.74. The van der Waals surface area contributed by atoms with Gasteiger partial charge in [-0.1, -0.05) is 0 Å². The SMILES string of the molecule is Nc1ncc(-c2nccnc2Nc2ccc(C(F)(F)F)cc2)cn1. The summed E-state index contributed by atoms with van der Waals surface area (Å²) in [7, 11) is 0. The molecule has 0 unspecified atom stereocenters. The van der Waals surface area contributed by atoms with Crippen molar-refractivity contribution in [3.8, 4) is 11.3 Å². The van der Waals surface area contributed by atoms with Gasteiger partial charge in [-0.2, -0.15) is 13.2 Å². The van der Waals surface area contributed by atoms with Gasteiger partial charge < -0.3 is 11.1 Å². The molecule has 0 spiro atoms. The van der Waals surface area contributed by atoms with E-state index >= 15 is 0 Å². The van der Waals surface area contributed by atoms with Gasteiger partial charge in [0, 0.05) is 36.0 Å². The topological polar surface area (TPSA) is 89.6 Å². The summed E-state index contributed by atoms with van der Waals surface area (Å²) in [4.78, 5) is 16.1. The normalized spacial score (nSPS) is 11.3. The van der Waals surface area contributed by atoms with Crippen LogP contribution in [0.1, 0.15) is 5.56 Å². The van der Waals surface area contributed by atoms with Crippen molar-refractivity contribution >= 4 is 17.5 Å². The van der Waals surface area contributed by atoms with Gasteiger partial charge in [0.05, 0.1) is 5.56 Å². The van der Waals surface area contributed by atoms with Gasteiger partial charge in [0.25, 0.3) is 0 Å². The highest BCUT2D eigenvalue weighted by Gasteiger charge is 2.29. The van der Waals surface area contributed by atoms with Crippen LogP contribution in [-0.4, -0.2) is 19.9 Å². The molecule has 0 amide bonds. The lowest BCUT2D eigenvalue weighted by Crippen LogP contribution is -2.05. The van der Waals surface area contributed by atoms with E-state index in [4.69, 9.17) is 5.73 Å². The molecule has 0 saturated carbocycles. The number of hydrogen-bond donors (Lipinski definition) is 2. The van der Waals surface area contributed by atoms with Crippen LogP contribution in [0.15, 0.2) is 49.1 Å².